The van der Waals surface area contributed by atoms with E-state index in [9.17, 15) is 15.0 Å². The monoisotopic (exact) mass is 846 g/mol. The molecule has 2 unspecified atom stereocenters. The van der Waals surface area contributed by atoms with Crippen LogP contribution >= 0.6 is 11.8 Å². The molecule has 0 spiro atoms. The Morgan fingerprint density at radius 1 is 0.661 bits per heavy atom. The van der Waals surface area contributed by atoms with Gasteiger partial charge < -0.3 is 24.6 Å². The Hall–Kier alpha value is -5.80. The molecule has 0 radical (unpaired) electrons. The Morgan fingerprint density at radius 2 is 1.23 bits per heavy atom. The van der Waals surface area contributed by atoms with Gasteiger partial charge in [-0.05, 0) is 146 Å². The van der Waals surface area contributed by atoms with Crippen molar-refractivity contribution in [3.63, 3.8) is 0 Å². The largest absolute Gasteiger partial charge is 0.508 e. The fourth-order valence-corrected chi connectivity index (χ4v) is 9.67. The van der Waals surface area contributed by atoms with E-state index in [-0.39, 0.29) is 28.5 Å². The van der Waals surface area contributed by atoms with Gasteiger partial charge in [-0.3, -0.25) is 9.69 Å². The third-order valence-electron chi connectivity index (χ3n) is 11.4. The molecule has 0 saturated carbocycles. The lowest BCUT2D eigenvalue weighted by atomic mass is 9.85. The number of phenols is 2. The number of aromatic hydroxyl groups is 2. The lowest BCUT2D eigenvalue weighted by Crippen LogP contribution is -2.33. The number of piperidine rings is 1. The maximum Gasteiger partial charge on any atom is 0.171 e. The Labute approximate surface area is 371 Å². The van der Waals surface area contributed by atoms with Crippen LogP contribution in [-0.2, 0) is 0 Å². The Balaban J connectivity index is 0.000000190. The molecule has 0 aliphatic carbocycles. The highest BCUT2D eigenvalue weighted by molar-refractivity contribution is 8.00. The minimum atomic E-state index is -0.379. The van der Waals surface area contributed by atoms with Gasteiger partial charge in [-0.25, -0.2) is 0 Å². The molecule has 2 aliphatic rings. The third-order valence-corrected chi connectivity index (χ3v) is 12.9. The second-order valence-electron chi connectivity index (χ2n) is 16.1. The molecule has 2 atom stereocenters. The lowest BCUT2D eigenvalue weighted by molar-refractivity contribution is 0.0958. The van der Waals surface area contributed by atoms with E-state index in [1.54, 1.807) is 36.0 Å². The third kappa shape index (κ3) is 11.6. The maximum absolute atomic E-state index is 13.7. The number of ether oxygens (including phenoxy) is 2. The van der Waals surface area contributed by atoms with Crippen LogP contribution in [0.1, 0.15) is 82.0 Å². The molecule has 2 aliphatic heterocycles. The number of likely N-dealkylation sites (tertiary alicyclic amines) is 1. The van der Waals surface area contributed by atoms with Crippen LogP contribution in [0, 0.1) is 0 Å². The predicted octanol–water partition coefficient (Wildman–Crippen LogP) is 11.8. The number of nitrogens with zero attached hydrogens (tertiary/aromatic N) is 2. The number of benzene rings is 6. The summed E-state index contributed by atoms with van der Waals surface area (Å²) in [6.07, 6.45) is 4.83. The zero-order valence-electron chi connectivity index (χ0n) is 36.1. The Bertz CT molecular complexity index is 2360. The number of phenolic OH excluding ortho intramolecular Hbond substituents is 2. The number of allylic oxidation sites excluding steroid dienone is 1. The second kappa shape index (κ2) is 21.8. The molecule has 320 valence electrons. The highest BCUT2D eigenvalue weighted by Crippen LogP contribution is 2.56. The zero-order valence-corrected chi connectivity index (χ0v) is 36.9. The first-order valence-corrected chi connectivity index (χ1v) is 22.6. The van der Waals surface area contributed by atoms with Gasteiger partial charge in [0.2, 0.25) is 0 Å². The molecular weight excluding hydrogens is 789 g/mol. The van der Waals surface area contributed by atoms with E-state index in [0.717, 1.165) is 60.1 Å². The molecule has 6 aromatic rings. The van der Waals surface area contributed by atoms with Crippen molar-refractivity contribution in [2.24, 2.45) is 0 Å². The molecule has 0 amide bonds. The highest BCUT2D eigenvalue weighted by atomic mass is 32.2. The molecule has 2 heterocycles. The maximum atomic E-state index is 13.7. The number of carbonyl (C=O) groups is 1. The van der Waals surface area contributed by atoms with E-state index in [2.05, 4.69) is 116 Å². The number of likely N-dealkylation sites (N-methyl/N-ethyl adjacent to an activating group) is 1. The summed E-state index contributed by atoms with van der Waals surface area (Å²) in [6.45, 7) is 7.70. The standard InChI is InChI=1S/C28H29NO4S.C26H29NO/c30-21-8-4-20(5-9-21)28-26(24-13-10-22(31)18-25(24)34-28)27(32)19-6-11-23(12-7-19)33-17-16-29-14-2-1-3-15-29;1-4-25(21-11-7-5-8-12-21)26(22-13-9-6-10-14-22)23-15-17-24(18-16-23)28-20-19-27(2)3/h4-13,18,26,28,30-31H,1-3,14-17H2;5-18H,4,19-20H2,1-3H3/b;26-25-. The van der Waals surface area contributed by atoms with E-state index in [1.165, 1.54) is 47.1 Å². The van der Waals surface area contributed by atoms with Gasteiger partial charge in [0.15, 0.2) is 5.78 Å². The van der Waals surface area contributed by atoms with Gasteiger partial charge in [0, 0.05) is 28.8 Å². The summed E-state index contributed by atoms with van der Waals surface area (Å²) < 4.78 is 11.8. The van der Waals surface area contributed by atoms with Crippen LogP contribution in [-0.4, -0.2) is 79.3 Å². The van der Waals surface area contributed by atoms with E-state index in [4.69, 9.17) is 9.47 Å². The highest BCUT2D eigenvalue weighted by Gasteiger charge is 2.39. The number of fused-ring (bicyclic) bond motifs is 1. The fourth-order valence-electron chi connectivity index (χ4n) is 8.17. The van der Waals surface area contributed by atoms with Crippen LogP contribution in [0.2, 0.25) is 0 Å². The van der Waals surface area contributed by atoms with Gasteiger partial charge in [0.25, 0.3) is 0 Å². The van der Waals surface area contributed by atoms with Crippen molar-refractivity contribution >= 4 is 28.7 Å². The van der Waals surface area contributed by atoms with Gasteiger partial charge >= 0.3 is 0 Å². The van der Waals surface area contributed by atoms with Crippen LogP contribution in [0.4, 0.5) is 0 Å². The molecule has 0 aromatic heterocycles. The molecule has 6 aromatic carbocycles. The van der Waals surface area contributed by atoms with Crippen LogP contribution in [0.5, 0.6) is 23.0 Å². The number of hydrogen-bond donors (Lipinski definition) is 2. The van der Waals surface area contributed by atoms with E-state index < -0.39 is 0 Å². The molecule has 8 heteroatoms. The van der Waals surface area contributed by atoms with Gasteiger partial charge in [-0.2, -0.15) is 0 Å². The van der Waals surface area contributed by atoms with E-state index in [1.807, 2.05) is 42.5 Å². The minimum absolute atomic E-state index is 0.0369. The van der Waals surface area contributed by atoms with Crippen molar-refractivity contribution in [1.82, 2.24) is 9.80 Å². The quantitative estimate of drug-likeness (QED) is 0.0781. The fraction of sp³-hybridized carbons (Fsp3) is 0.278. The number of hydrogen-bond acceptors (Lipinski definition) is 8. The van der Waals surface area contributed by atoms with Crippen molar-refractivity contribution in [2.45, 2.75) is 48.7 Å². The molecule has 7 nitrogen and oxygen atoms in total. The van der Waals surface area contributed by atoms with Crippen molar-refractivity contribution in [3.8, 4) is 23.0 Å². The topological polar surface area (TPSA) is 82.5 Å². The first kappa shape index (κ1) is 44.3. The van der Waals surface area contributed by atoms with Gasteiger partial charge in [0.05, 0.1) is 5.92 Å². The lowest BCUT2D eigenvalue weighted by Gasteiger charge is -2.26. The van der Waals surface area contributed by atoms with Crippen LogP contribution in [0.25, 0.3) is 11.1 Å². The molecule has 8 rings (SSSR count). The molecule has 1 fully saturated rings. The summed E-state index contributed by atoms with van der Waals surface area (Å²) in [6, 6.07) is 49.5. The minimum Gasteiger partial charge on any atom is -0.508 e. The number of carbonyl (C=O) groups excluding carboxylic acids is 1. The van der Waals surface area contributed by atoms with E-state index in [0.29, 0.717) is 18.8 Å². The second-order valence-corrected chi connectivity index (χ2v) is 17.3. The van der Waals surface area contributed by atoms with Crippen LogP contribution in [0.15, 0.2) is 157 Å². The Kier molecular flexibility index (Phi) is 15.6. The SMILES string of the molecule is CC/C(=C(\c1ccccc1)c1ccc(OCCN(C)C)cc1)c1ccccc1.O=C(c1ccc(OCCN2CCCCC2)cc1)C1c2ccc(O)cc2SC1c1ccc(O)cc1. The van der Waals surface area contributed by atoms with Crippen molar-refractivity contribution < 1.29 is 24.5 Å². The molecule has 2 N–H and O–H groups in total. The summed E-state index contributed by atoms with van der Waals surface area (Å²) in [5.41, 5.74) is 8.90. The van der Waals surface area contributed by atoms with Gasteiger partial charge in [0.1, 0.15) is 36.2 Å². The summed E-state index contributed by atoms with van der Waals surface area (Å²) in [4.78, 5) is 19.2. The summed E-state index contributed by atoms with van der Waals surface area (Å²) in [5, 5.41) is 19.5. The number of ketones is 1. The van der Waals surface area contributed by atoms with Crippen molar-refractivity contribution in [1.29, 1.82) is 0 Å². The van der Waals surface area contributed by atoms with E-state index >= 15 is 0 Å². The van der Waals surface area contributed by atoms with Gasteiger partial charge in [-0.1, -0.05) is 104 Å². The average Bonchev–Trinajstić information content (AvgIpc) is 3.68. The zero-order chi connectivity index (χ0) is 43.3. The number of Topliss-reactive ketones (excluding diaryl/α,β-unsaturated/α-hetero) is 1. The predicted molar refractivity (Wildman–Crippen MR) is 254 cm³/mol. The molecule has 0 bridgehead atoms. The molecule has 62 heavy (non-hydrogen) atoms. The number of thioether (sulfide) groups is 1. The number of rotatable bonds is 15. The Morgan fingerprint density at radius 3 is 1.84 bits per heavy atom. The summed E-state index contributed by atoms with van der Waals surface area (Å²) >= 11 is 1.58. The van der Waals surface area contributed by atoms with Crippen molar-refractivity contribution in [3.05, 3.63) is 185 Å². The van der Waals surface area contributed by atoms with Gasteiger partial charge in [-0.15, -0.1) is 11.8 Å². The molecule has 1 saturated heterocycles. The first-order chi connectivity index (χ1) is 30.3. The average molecular weight is 847 g/mol. The molecular formula is C54H58N2O5S. The van der Waals surface area contributed by atoms with Crippen LogP contribution < -0.4 is 9.47 Å². The summed E-state index contributed by atoms with van der Waals surface area (Å²) in [7, 11) is 4.11. The normalized spacial score (nSPS) is 16.5. The summed E-state index contributed by atoms with van der Waals surface area (Å²) in [5.74, 6) is 1.73. The smallest absolute Gasteiger partial charge is 0.171 e. The van der Waals surface area contributed by atoms with Crippen molar-refractivity contribution in [2.75, 3.05) is 53.5 Å². The first-order valence-electron chi connectivity index (χ1n) is 21.8. The van der Waals surface area contributed by atoms with Crippen LogP contribution in [0.3, 0.4) is 0 Å².